The number of hydrogen-bond donors (Lipinski definition) is 2. The maximum Gasteiger partial charge on any atom is 0.243 e. The van der Waals surface area contributed by atoms with E-state index in [2.05, 4.69) is 4.72 Å². The van der Waals surface area contributed by atoms with Crippen LogP contribution in [0, 0.1) is 0 Å². The zero-order chi connectivity index (χ0) is 13.8. The Morgan fingerprint density at radius 3 is 2.61 bits per heavy atom. The van der Waals surface area contributed by atoms with Crippen molar-refractivity contribution in [3.63, 3.8) is 0 Å². The van der Waals surface area contributed by atoms with Crippen LogP contribution in [0.15, 0.2) is 11.0 Å². The lowest BCUT2D eigenvalue weighted by Crippen LogP contribution is -2.40. The summed E-state index contributed by atoms with van der Waals surface area (Å²) >= 11 is 12.6. The zero-order valence-corrected chi connectivity index (χ0v) is 13.1. The monoisotopic (exact) mass is 330 g/mol. The standard InChI is InChI=1S/C10H16Cl2N2O2S2/c1-2-3-4-7(6-13)14-18(15,16)8-5-9(11)17-10(8)12/h5,7,14H,2-4,6,13H2,1H3. The Morgan fingerprint density at radius 1 is 1.50 bits per heavy atom. The van der Waals surface area contributed by atoms with Gasteiger partial charge in [-0.3, -0.25) is 0 Å². The summed E-state index contributed by atoms with van der Waals surface area (Å²) < 4.78 is 27.3. The van der Waals surface area contributed by atoms with Gasteiger partial charge in [0.25, 0.3) is 0 Å². The fourth-order valence-electron chi connectivity index (χ4n) is 1.47. The van der Waals surface area contributed by atoms with Crippen LogP contribution in [0.5, 0.6) is 0 Å². The lowest BCUT2D eigenvalue weighted by Gasteiger charge is -2.16. The van der Waals surface area contributed by atoms with E-state index in [0.717, 1.165) is 24.2 Å². The molecular formula is C10H16Cl2N2O2S2. The van der Waals surface area contributed by atoms with E-state index in [1.54, 1.807) is 0 Å². The van der Waals surface area contributed by atoms with Crippen LogP contribution in [0.1, 0.15) is 26.2 Å². The van der Waals surface area contributed by atoms with Crippen LogP contribution in [0.25, 0.3) is 0 Å². The summed E-state index contributed by atoms with van der Waals surface area (Å²) in [5.41, 5.74) is 5.56. The van der Waals surface area contributed by atoms with Gasteiger partial charge in [-0.05, 0) is 12.5 Å². The lowest BCUT2D eigenvalue weighted by molar-refractivity contribution is 0.516. The van der Waals surface area contributed by atoms with Gasteiger partial charge in [-0.25, -0.2) is 13.1 Å². The van der Waals surface area contributed by atoms with Crippen molar-refractivity contribution in [1.82, 2.24) is 4.72 Å². The largest absolute Gasteiger partial charge is 0.329 e. The topological polar surface area (TPSA) is 72.2 Å². The Bertz CT molecular complexity index is 488. The summed E-state index contributed by atoms with van der Waals surface area (Å²) in [5.74, 6) is 0. The number of hydrogen-bond acceptors (Lipinski definition) is 4. The van der Waals surface area contributed by atoms with Gasteiger partial charge in [-0.15, -0.1) is 11.3 Å². The summed E-state index contributed by atoms with van der Waals surface area (Å²) in [6.07, 6.45) is 2.62. The minimum absolute atomic E-state index is 0.0223. The molecular weight excluding hydrogens is 315 g/mol. The summed E-state index contributed by atoms with van der Waals surface area (Å²) in [6, 6.07) is 1.08. The summed E-state index contributed by atoms with van der Waals surface area (Å²) in [4.78, 5) is 0.0223. The third-order valence-corrected chi connectivity index (χ3v) is 5.70. The van der Waals surface area contributed by atoms with Crippen LogP contribution in [-0.4, -0.2) is 21.0 Å². The van der Waals surface area contributed by atoms with Crippen LogP contribution in [-0.2, 0) is 10.0 Å². The molecule has 0 aromatic carbocycles. The Hall–Kier alpha value is 0.150. The molecule has 1 heterocycles. The number of sulfonamides is 1. The number of unbranched alkanes of at least 4 members (excludes halogenated alkanes) is 1. The van der Waals surface area contributed by atoms with Crippen molar-refractivity contribution in [3.8, 4) is 0 Å². The van der Waals surface area contributed by atoms with E-state index >= 15 is 0 Å². The Labute approximate surface area is 122 Å². The van der Waals surface area contributed by atoms with Gasteiger partial charge < -0.3 is 5.73 Å². The van der Waals surface area contributed by atoms with E-state index in [1.165, 1.54) is 6.07 Å². The normalized spacial score (nSPS) is 13.8. The van der Waals surface area contributed by atoms with Crippen LogP contribution >= 0.6 is 34.5 Å². The van der Waals surface area contributed by atoms with Crippen molar-refractivity contribution in [3.05, 3.63) is 14.7 Å². The number of rotatable bonds is 7. The molecule has 0 aliphatic carbocycles. The van der Waals surface area contributed by atoms with Crippen LogP contribution < -0.4 is 10.5 Å². The molecule has 3 N–H and O–H groups in total. The second-order valence-corrected chi connectivity index (χ2v) is 7.85. The number of nitrogens with one attached hydrogen (secondary N) is 1. The molecule has 1 aromatic rings. The molecule has 1 aromatic heterocycles. The minimum atomic E-state index is -3.65. The van der Waals surface area contributed by atoms with E-state index < -0.39 is 10.0 Å². The Kier molecular flexibility index (Phi) is 6.37. The maximum absolute atomic E-state index is 12.1. The highest BCUT2D eigenvalue weighted by molar-refractivity contribution is 7.89. The molecule has 0 bridgehead atoms. The average Bonchev–Trinajstić information content (AvgIpc) is 2.64. The molecule has 0 aliphatic heterocycles. The quantitative estimate of drug-likeness (QED) is 0.807. The predicted molar refractivity (Wildman–Crippen MR) is 77.0 cm³/mol. The first-order valence-corrected chi connectivity index (χ1v) is 8.63. The van der Waals surface area contributed by atoms with Gasteiger partial charge in [-0.1, -0.05) is 43.0 Å². The molecule has 4 nitrogen and oxygen atoms in total. The van der Waals surface area contributed by atoms with E-state index in [1.807, 2.05) is 6.92 Å². The van der Waals surface area contributed by atoms with Crippen molar-refractivity contribution < 1.29 is 8.42 Å². The number of halogens is 2. The van der Waals surface area contributed by atoms with Crippen LogP contribution in [0.4, 0.5) is 0 Å². The molecule has 0 aliphatic rings. The molecule has 0 amide bonds. The highest BCUT2D eigenvalue weighted by atomic mass is 35.5. The Balaban J connectivity index is 2.83. The van der Waals surface area contributed by atoms with E-state index in [4.69, 9.17) is 28.9 Å². The zero-order valence-electron chi connectivity index (χ0n) is 9.95. The fraction of sp³-hybridized carbons (Fsp3) is 0.600. The predicted octanol–water partition coefficient (Wildman–Crippen LogP) is 2.85. The Morgan fingerprint density at radius 2 is 2.17 bits per heavy atom. The molecule has 0 fully saturated rings. The van der Waals surface area contributed by atoms with Crippen molar-refractivity contribution >= 4 is 44.6 Å². The van der Waals surface area contributed by atoms with E-state index in [9.17, 15) is 8.42 Å². The maximum atomic E-state index is 12.1. The molecule has 1 rings (SSSR count). The van der Waals surface area contributed by atoms with Gasteiger partial charge in [0, 0.05) is 12.6 Å². The second-order valence-electron chi connectivity index (χ2n) is 3.88. The molecule has 18 heavy (non-hydrogen) atoms. The van der Waals surface area contributed by atoms with E-state index in [-0.39, 0.29) is 21.8 Å². The van der Waals surface area contributed by atoms with Crippen molar-refractivity contribution in [2.24, 2.45) is 5.73 Å². The van der Waals surface area contributed by atoms with Crippen LogP contribution in [0.2, 0.25) is 8.67 Å². The third-order valence-electron chi connectivity index (χ3n) is 2.43. The summed E-state index contributed by atoms with van der Waals surface area (Å²) in [7, 11) is -3.65. The average molecular weight is 331 g/mol. The van der Waals surface area contributed by atoms with Gasteiger partial charge in [0.15, 0.2) is 0 Å². The summed E-state index contributed by atoms with van der Waals surface area (Å²) in [5, 5.41) is 0. The number of nitrogens with two attached hydrogens (primary N) is 1. The minimum Gasteiger partial charge on any atom is -0.329 e. The number of thiophene rings is 1. The highest BCUT2D eigenvalue weighted by Crippen LogP contribution is 2.34. The smallest absolute Gasteiger partial charge is 0.243 e. The molecule has 8 heteroatoms. The highest BCUT2D eigenvalue weighted by Gasteiger charge is 2.23. The summed E-state index contributed by atoms with van der Waals surface area (Å²) in [6.45, 7) is 2.30. The molecule has 1 atom stereocenters. The fourth-order valence-corrected chi connectivity index (χ4v) is 4.90. The molecule has 104 valence electrons. The van der Waals surface area contributed by atoms with Gasteiger partial charge in [0.1, 0.15) is 9.23 Å². The first kappa shape index (κ1) is 16.2. The molecule has 0 radical (unpaired) electrons. The first-order valence-electron chi connectivity index (χ1n) is 5.58. The first-order chi connectivity index (χ1) is 8.40. The second kappa shape index (κ2) is 7.07. The third kappa shape index (κ3) is 4.36. The van der Waals surface area contributed by atoms with Gasteiger partial charge in [-0.2, -0.15) is 0 Å². The molecule has 0 saturated carbocycles. The molecule has 1 unspecified atom stereocenters. The van der Waals surface area contributed by atoms with Crippen molar-refractivity contribution in [1.29, 1.82) is 0 Å². The lowest BCUT2D eigenvalue weighted by atomic mass is 10.1. The van der Waals surface area contributed by atoms with E-state index in [0.29, 0.717) is 10.8 Å². The van der Waals surface area contributed by atoms with Crippen molar-refractivity contribution in [2.75, 3.05) is 6.54 Å². The van der Waals surface area contributed by atoms with Gasteiger partial charge in [0.2, 0.25) is 10.0 Å². The SMILES string of the molecule is CCCCC(CN)NS(=O)(=O)c1cc(Cl)sc1Cl. The molecule has 0 saturated heterocycles. The van der Waals surface area contributed by atoms with Crippen LogP contribution in [0.3, 0.4) is 0 Å². The van der Waals surface area contributed by atoms with Gasteiger partial charge >= 0.3 is 0 Å². The van der Waals surface area contributed by atoms with Crippen molar-refractivity contribution in [2.45, 2.75) is 37.1 Å². The molecule has 0 spiro atoms. The van der Waals surface area contributed by atoms with Gasteiger partial charge in [0.05, 0.1) is 4.34 Å².